The number of carboxylic acid groups (broad SMARTS) is 1. The molecule has 1 fully saturated rings. The molecule has 1 saturated carbocycles. The number of hydrogen-bond donors (Lipinski definition) is 3. The third-order valence-corrected chi connectivity index (χ3v) is 3.23. The first-order chi connectivity index (χ1) is 7.01. The summed E-state index contributed by atoms with van der Waals surface area (Å²) in [5, 5.41) is 21.0. The van der Waals surface area contributed by atoms with Crippen LogP contribution in [0.5, 0.6) is 0 Å². The molecule has 0 saturated heterocycles. The predicted molar refractivity (Wildman–Crippen MR) is 57.6 cm³/mol. The van der Waals surface area contributed by atoms with Crippen molar-refractivity contribution in [3.05, 3.63) is 0 Å². The van der Waals surface area contributed by atoms with Gasteiger partial charge in [0.2, 0.25) is 0 Å². The monoisotopic (exact) mass is 215 g/mol. The third kappa shape index (κ3) is 3.47. The summed E-state index contributed by atoms with van der Waals surface area (Å²) in [6.07, 6.45) is 2.99. The van der Waals surface area contributed by atoms with Gasteiger partial charge in [-0.1, -0.05) is 13.8 Å². The third-order valence-electron chi connectivity index (χ3n) is 3.23. The van der Waals surface area contributed by atoms with Crippen molar-refractivity contribution >= 4 is 5.97 Å². The molecular weight excluding hydrogens is 194 g/mol. The van der Waals surface area contributed by atoms with Crippen LogP contribution >= 0.6 is 0 Å². The Bertz CT molecular complexity index is 224. The van der Waals surface area contributed by atoms with Gasteiger partial charge < -0.3 is 15.5 Å². The van der Waals surface area contributed by atoms with Crippen LogP contribution in [0.4, 0.5) is 0 Å². The van der Waals surface area contributed by atoms with Gasteiger partial charge >= 0.3 is 5.97 Å². The lowest BCUT2D eigenvalue weighted by atomic mass is 10.00. The van der Waals surface area contributed by atoms with Crippen molar-refractivity contribution in [2.24, 2.45) is 11.3 Å². The molecule has 0 aromatic heterocycles. The van der Waals surface area contributed by atoms with Crippen LogP contribution in [0.25, 0.3) is 0 Å². The van der Waals surface area contributed by atoms with Crippen LogP contribution in [0.15, 0.2) is 0 Å². The summed E-state index contributed by atoms with van der Waals surface area (Å²) < 4.78 is 0. The van der Waals surface area contributed by atoms with Crippen molar-refractivity contribution in [2.75, 3.05) is 13.2 Å². The predicted octanol–water partition coefficient (Wildman–Crippen LogP) is 0.848. The van der Waals surface area contributed by atoms with Crippen molar-refractivity contribution in [1.29, 1.82) is 0 Å². The van der Waals surface area contributed by atoms with Gasteiger partial charge in [-0.05, 0) is 30.6 Å². The van der Waals surface area contributed by atoms with E-state index in [4.69, 9.17) is 10.2 Å². The van der Waals surface area contributed by atoms with E-state index in [1.165, 1.54) is 0 Å². The van der Waals surface area contributed by atoms with E-state index in [1.54, 1.807) is 0 Å². The largest absolute Gasteiger partial charge is 0.480 e. The lowest BCUT2D eigenvalue weighted by Gasteiger charge is -2.21. The van der Waals surface area contributed by atoms with E-state index in [0.717, 1.165) is 19.3 Å². The molecule has 4 nitrogen and oxygen atoms in total. The molecule has 0 aromatic carbocycles. The molecule has 15 heavy (non-hydrogen) atoms. The fourth-order valence-corrected chi connectivity index (χ4v) is 1.86. The molecule has 0 aliphatic heterocycles. The standard InChI is InChI=1S/C11H21NO3/c1-8(2)9(10(14)15)12-7-11(3-4-11)5-6-13/h8-9,12-13H,3-7H2,1-2H3,(H,14,15). The van der Waals surface area contributed by atoms with Gasteiger partial charge in [0.1, 0.15) is 6.04 Å². The Morgan fingerprint density at radius 1 is 1.47 bits per heavy atom. The molecule has 1 unspecified atom stereocenters. The van der Waals surface area contributed by atoms with Crippen molar-refractivity contribution in [2.45, 2.75) is 39.2 Å². The number of hydrogen-bond acceptors (Lipinski definition) is 3. The number of carbonyl (C=O) groups is 1. The van der Waals surface area contributed by atoms with Gasteiger partial charge in [0.15, 0.2) is 0 Å². The molecule has 0 aromatic rings. The second-order valence-electron chi connectivity index (χ2n) is 4.91. The summed E-state index contributed by atoms with van der Waals surface area (Å²) in [4.78, 5) is 10.9. The fraction of sp³-hybridized carbons (Fsp3) is 0.909. The molecule has 0 bridgehead atoms. The Morgan fingerprint density at radius 2 is 2.07 bits per heavy atom. The molecule has 4 heteroatoms. The van der Waals surface area contributed by atoms with Crippen LogP contribution in [0, 0.1) is 11.3 Å². The topological polar surface area (TPSA) is 69.6 Å². The van der Waals surface area contributed by atoms with E-state index >= 15 is 0 Å². The van der Waals surface area contributed by atoms with Crippen molar-refractivity contribution in [1.82, 2.24) is 5.32 Å². The number of aliphatic carboxylic acids is 1. The highest BCUT2D eigenvalue weighted by Gasteiger charge is 2.42. The van der Waals surface area contributed by atoms with Gasteiger partial charge in [0.05, 0.1) is 0 Å². The molecule has 0 radical (unpaired) electrons. The van der Waals surface area contributed by atoms with E-state index in [-0.39, 0.29) is 17.9 Å². The molecule has 1 aliphatic carbocycles. The van der Waals surface area contributed by atoms with Crippen LogP contribution < -0.4 is 5.32 Å². The molecule has 88 valence electrons. The molecule has 0 amide bonds. The van der Waals surface area contributed by atoms with E-state index in [0.29, 0.717) is 6.54 Å². The van der Waals surface area contributed by atoms with Crippen LogP contribution in [0.2, 0.25) is 0 Å². The summed E-state index contributed by atoms with van der Waals surface area (Å²) in [7, 11) is 0. The van der Waals surface area contributed by atoms with Crippen molar-refractivity contribution in [3.63, 3.8) is 0 Å². The van der Waals surface area contributed by atoms with Gasteiger partial charge in [-0.3, -0.25) is 4.79 Å². The zero-order valence-corrected chi connectivity index (χ0v) is 9.49. The number of rotatable bonds is 7. The van der Waals surface area contributed by atoms with Gasteiger partial charge in [-0.2, -0.15) is 0 Å². The number of aliphatic hydroxyl groups excluding tert-OH is 1. The van der Waals surface area contributed by atoms with Crippen LogP contribution in [0.3, 0.4) is 0 Å². The molecular formula is C11H21NO3. The maximum atomic E-state index is 10.9. The second kappa shape index (κ2) is 4.94. The van der Waals surface area contributed by atoms with E-state index < -0.39 is 12.0 Å². The lowest BCUT2D eigenvalue weighted by Crippen LogP contribution is -2.43. The number of aliphatic hydroxyl groups is 1. The van der Waals surface area contributed by atoms with Crippen molar-refractivity contribution < 1.29 is 15.0 Å². The highest BCUT2D eigenvalue weighted by molar-refractivity contribution is 5.73. The van der Waals surface area contributed by atoms with Gasteiger partial charge in [0.25, 0.3) is 0 Å². The van der Waals surface area contributed by atoms with Crippen LogP contribution in [0.1, 0.15) is 33.1 Å². The van der Waals surface area contributed by atoms with Gasteiger partial charge in [-0.15, -0.1) is 0 Å². The van der Waals surface area contributed by atoms with E-state index in [2.05, 4.69) is 5.32 Å². The Labute approximate surface area is 90.7 Å². The fourth-order valence-electron chi connectivity index (χ4n) is 1.86. The Kier molecular flexibility index (Phi) is 4.11. The minimum Gasteiger partial charge on any atom is -0.480 e. The van der Waals surface area contributed by atoms with Gasteiger partial charge in [-0.25, -0.2) is 0 Å². The molecule has 3 N–H and O–H groups in total. The first-order valence-electron chi connectivity index (χ1n) is 5.58. The summed E-state index contributed by atoms with van der Waals surface area (Å²) in [5.74, 6) is -0.697. The SMILES string of the molecule is CC(C)C(NCC1(CCO)CC1)C(=O)O. The van der Waals surface area contributed by atoms with Gasteiger partial charge in [0, 0.05) is 13.2 Å². The average Bonchev–Trinajstić information content (AvgIpc) is 2.85. The minimum atomic E-state index is -0.787. The first-order valence-corrected chi connectivity index (χ1v) is 5.58. The molecule has 1 aliphatic rings. The van der Waals surface area contributed by atoms with Crippen molar-refractivity contribution in [3.8, 4) is 0 Å². The number of carboxylic acids is 1. The quantitative estimate of drug-likeness (QED) is 0.589. The maximum absolute atomic E-state index is 10.9. The van der Waals surface area contributed by atoms with Crippen LogP contribution in [-0.4, -0.2) is 35.4 Å². The molecule has 1 atom stereocenters. The lowest BCUT2D eigenvalue weighted by molar-refractivity contribution is -0.140. The Balaban J connectivity index is 2.37. The molecule has 0 heterocycles. The summed E-state index contributed by atoms with van der Waals surface area (Å²) in [5.41, 5.74) is 0.178. The van der Waals surface area contributed by atoms with Crippen LogP contribution in [-0.2, 0) is 4.79 Å². The maximum Gasteiger partial charge on any atom is 0.320 e. The normalized spacial score (nSPS) is 20.3. The number of nitrogens with one attached hydrogen (secondary N) is 1. The average molecular weight is 215 g/mol. The Morgan fingerprint density at radius 3 is 2.40 bits per heavy atom. The minimum absolute atomic E-state index is 0.0902. The summed E-state index contributed by atoms with van der Waals surface area (Å²) in [6.45, 7) is 4.71. The second-order valence-corrected chi connectivity index (χ2v) is 4.91. The molecule has 1 rings (SSSR count). The zero-order chi connectivity index (χ0) is 11.5. The summed E-state index contributed by atoms with van der Waals surface area (Å²) in [6, 6.07) is -0.471. The Hall–Kier alpha value is -0.610. The molecule has 0 spiro atoms. The zero-order valence-electron chi connectivity index (χ0n) is 9.49. The highest BCUT2D eigenvalue weighted by Crippen LogP contribution is 2.48. The van der Waals surface area contributed by atoms with E-state index in [1.807, 2.05) is 13.8 Å². The van der Waals surface area contributed by atoms with E-state index in [9.17, 15) is 4.79 Å². The smallest absolute Gasteiger partial charge is 0.320 e. The highest BCUT2D eigenvalue weighted by atomic mass is 16.4. The summed E-state index contributed by atoms with van der Waals surface area (Å²) >= 11 is 0. The first kappa shape index (κ1) is 12.5.